The molecule has 0 aromatic heterocycles. The van der Waals surface area contributed by atoms with Crippen molar-refractivity contribution in [3.8, 4) is 0 Å². The standard InChI is InChI=1S/C10H8ClO2/c11-10-6-2-1-4-9(10)5-3-7-13-8-12/h1-6H,7H2/b5-3+. The van der Waals surface area contributed by atoms with Crippen LogP contribution in [0.4, 0.5) is 0 Å². The van der Waals surface area contributed by atoms with E-state index in [1.165, 1.54) is 6.47 Å². The fourth-order valence-electron chi connectivity index (χ4n) is 0.867. The Morgan fingerprint density at radius 2 is 2.23 bits per heavy atom. The molecule has 0 fully saturated rings. The Labute approximate surface area is 81.8 Å². The van der Waals surface area contributed by atoms with Crippen molar-refractivity contribution in [1.82, 2.24) is 0 Å². The van der Waals surface area contributed by atoms with Crippen LogP contribution in [-0.4, -0.2) is 13.1 Å². The lowest BCUT2D eigenvalue weighted by Gasteiger charge is -1.95. The van der Waals surface area contributed by atoms with Gasteiger partial charge >= 0.3 is 6.47 Å². The first-order chi connectivity index (χ1) is 6.34. The molecule has 0 N–H and O–H groups in total. The molecule has 0 aliphatic heterocycles. The molecule has 0 aliphatic rings. The second-order valence-electron chi connectivity index (χ2n) is 2.32. The van der Waals surface area contributed by atoms with Crippen LogP contribution >= 0.6 is 11.6 Å². The molecule has 0 bridgehead atoms. The highest BCUT2D eigenvalue weighted by atomic mass is 35.5. The van der Waals surface area contributed by atoms with E-state index >= 15 is 0 Å². The average Bonchev–Trinajstić information content (AvgIpc) is 2.15. The zero-order valence-corrected chi connectivity index (χ0v) is 7.62. The number of ether oxygens (including phenoxy) is 1. The van der Waals surface area contributed by atoms with Crippen LogP contribution in [-0.2, 0) is 9.53 Å². The Bertz CT molecular complexity index is 308. The first-order valence-corrected chi connectivity index (χ1v) is 4.12. The highest BCUT2D eigenvalue weighted by molar-refractivity contribution is 6.32. The third-order valence-corrected chi connectivity index (χ3v) is 1.79. The summed E-state index contributed by atoms with van der Waals surface area (Å²) in [6.07, 6.45) is 3.49. The van der Waals surface area contributed by atoms with Crippen molar-refractivity contribution >= 4 is 24.1 Å². The van der Waals surface area contributed by atoms with Crippen LogP contribution in [0.3, 0.4) is 0 Å². The average molecular weight is 196 g/mol. The van der Waals surface area contributed by atoms with Gasteiger partial charge in [0.15, 0.2) is 0 Å². The molecule has 1 aromatic rings. The molecule has 0 aliphatic carbocycles. The minimum atomic E-state index is 0.217. The van der Waals surface area contributed by atoms with Crippen molar-refractivity contribution in [2.45, 2.75) is 0 Å². The molecule has 0 saturated heterocycles. The van der Waals surface area contributed by atoms with Gasteiger partial charge < -0.3 is 4.74 Å². The van der Waals surface area contributed by atoms with Crippen LogP contribution < -0.4 is 0 Å². The van der Waals surface area contributed by atoms with Crippen molar-refractivity contribution < 1.29 is 9.53 Å². The lowest BCUT2D eigenvalue weighted by atomic mass is 10.2. The number of rotatable bonds is 4. The third kappa shape index (κ3) is 3.30. The van der Waals surface area contributed by atoms with Crippen LogP contribution in [0, 0.1) is 0 Å². The normalized spacial score (nSPS) is 10.2. The second kappa shape index (κ2) is 5.38. The van der Waals surface area contributed by atoms with Gasteiger partial charge in [0.25, 0.3) is 0 Å². The third-order valence-electron chi connectivity index (χ3n) is 1.44. The first-order valence-electron chi connectivity index (χ1n) is 3.74. The van der Waals surface area contributed by atoms with Crippen molar-refractivity contribution in [2.24, 2.45) is 0 Å². The molecular formula is C10H8ClO2. The van der Waals surface area contributed by atoms with Gasteiger partial charge in [0.05, 0.1) is 0 Å². The summed E-state index contributed by atoms with van der Waals surface area (Å²) in [5.74, 6) is 0. The molecule has 67 valence electrons. The van der Waals surface area contributed by atoms with Gasteiger partial charge in [-0.2, -0.15) is 0 Å². The van der Waals surface area contributed by atoms with Gasteiger partial charge in [-0.05, 0) is 17.7 Å². The summed E-state index contributed by atoms with van der Waals surface area (Å²) < 4.78 is 4.36. The molecule has 13 heavy (non-hydrogen) atoms. The van der Waals surface area contributed by atoms with Crippen molar-refractivity contribution in [1.29, 1.82) is 0 Å². The molecule has 1 aromatic carbocycles. The van der Waals surface area contributed by atoms with E-state index in [1.807, 2.05) is 18.2 Å². The number of halogens is 1. The summed E-state index contributed by atoms with van der Waals surface area (Å²) >= 11 is 5.87. The van der Waals surface area contributed by atoms with E-state index in [4.69, 9.17) is 11.6 Å². The maximum atomic E-state index is 9.68. The minimum absolute atomic E-state index is 0.217. The van der Waals surface area contributed by atoms with E-state index in [-0.39, 0.29) is 6.61 Å². The van der Waals surface area contributed by atoms with Crippen molar-refractivity contribution in [2.75, 3.05) is 6.61 Å². The van der Waals surface area contributed by atoms with Gasteiger partial charge in [0.1, 0.15) is 6.61 Å². The lowest BCUT2D eigenvalue weighted by molar-refractivity contribution is 0.314. The summed E-state index contributed by atoms with van der Waals surface area (Å²) in [7, 11) is 0. The Morgan fingerprint density at radius 1 is 1.46 bits per heavy atom. The molecule has 1 rings (SSSR count). The molecular weight excluding hydrogens is 188 g/mol. The molecule has 0 heterocycles. The van der Waals surface area contributed by atoms with Gasteiger partial charge in [-0.15, -0.1) is 0 Å². The van der Waals surface area contributed by atoms with E-state index < -0.39 is 0 Å². The predicted octanol–water partition coefficient (Wildman–Crippen LogP) is 2.44. The van der Waals surface area contributed by atoms with E-state index in [0.717, 1.165) is 5.56 Å². The quantitative estimate of drug-likeness (QED) is 0.690. The summed E-state index contributed by atoms with van der Waals surface area (Å²) in [6, 6.07) is 7.42. The van der Waals surface area contributed by atoms with Gasteiger partial charge in [-0.1, -0.05) is 35.9 Å². The van der Waals surface area contributed by atoms with E-state index in [0.29, 0.717) is 5.02 Å². The number of hydrogen-bond acceptors (Lipinski definition) is 2. The van der Waals surface area contributed by atoms with Gasteiger partial charge in [0, 0.05) is 5.02 Å². The number of benzene rings is 1. The SMILES string of the molecule is O=[C]OC/C=C/c1ccccc1Cl. The zero-order valence-electron chi connectivity index (χ0n) is 6.87. The molecule has 0 atom stereocenters. The van der Waals surface area contributed by atoms with Gasteiger partial charge in [0.2, 0.25) is 0 Å². The maximum Gasteiger partial charge on any atom is 0.417 e. The van der Waals surface area contributed by atoms with E-state index in [1.54, 1.807) is 18.2 Å². The fraction of sp³-hybridized carbons (Fsp3) is 0.100. The minimum Gasteiger partial charge on any atom is -0.453 e. The topological polar surface area (TPSA) is 26.3 Å². The highest BCUT2D eigenvalue weighted by Gasteiger charge is 1.91. The zero-order chi connectivity index (χ0) is 9.52. The summed E-state index contributed by atoms with van der Waals surface area (Å²) in [5.41, 5.74) is 0.902. The summed E-state index contributed by atoms with van der Waals surface area (Å²) in [4.78, 5) is 9.68. The Hall–Kier alpha value is -1.28. The summed E-state index contributed by atoms with van der Waals surface area (Å²) in [5, 5.41) is 0.675. The number of carbonyl (C=O) groups excluding carboxylic acids is 1. The van der Waals surface area contributed by atoms with Crippen molar-refractivity contribution in [3.05, 3.63) is 40.9 Å². The molecule has 0 unspecified atom stereocenters. The molecule has 0 amide bonds. The highest BCUT2D eigenvalue weighted by Crippen LogP contribution is 2.15. The first kappa shape index (κ1) is 9.81. The van der Waals surface area contributed by atoms with Crippen molar-refractivity contribution in [3.63, 3.8) is 0 Å². The fourth-order valence-corrected chi connectivity index (χ4v) is 1.07. The van der Waals surface area contributed by atoms with Crippen LogP contribution in [0.2, 0.25) is 5.02 Å². The molecule has 1 radical (unpaired) electrons. The van der Waals surface area contributed by atoms with Crippen LogP contribution in [0.25, 0.3) is 6.08 Å². The van der Waals surface area contributed by atoms with Gasteiger partial charge in [-0.3, -0.25) is 0 Å². The largest absolute Gasteiger partial charge is 0.453 e. The van der Waals surface area contributed by atoms with Gasteiger partial charge in [-0.25, -0.2) is 4.79 Å². The van der Waals surface area contributed by atoms with Crippen LogP contribution in [0.1, 0.15) is 5.56 Å². The van der Waals surface area contributed by atoms with Crippen LogP contribution in [0.15, 0.2) is 30.3 Å². The molecule has 3 heteroatoms. The Kier molecular flexibility index (Phi) is 4.06. The molecule has 0 saturated carbocycles. The monoisotopic (exact) mass is 195 g/mol. The second-order valence-corrected chi connectivity index (χ2v) is 2.73. The number of hydrogen-bond donors (Lipinski definition) is 0. The Balaban J connectivity index is 2.58. The molecule has 0 spiro atoms. The predicted molar refractivity (Wildman–Crippen MR) is 52.1 cm³/mol. The van der Waals surface area contributed by atoms with E-state index in [2.05, 4.69) is 4.74 Å². The smallest absolute Gasteiger partial charge is 0.417 e. The molecule has 2 nitrogen and oxygen atoms in total. The Morgan fingerprint density at radius 3 is 2.92 bits per heavy atom. The van der Waals surface area contributed by atoms with E-state index in [9.17, 15) is 4.79 Å². The lowest BCUT2D eigenvalue weighted by Crippen LogP contribution is -1.85. The summed E-state index contributed by atoms with van der Waals surface area (Å²) in [6.45, 7) is 1.55. The van der Waals surface area contributed by atoms with Crippen LogP contribution in [0.5, 0.6) is 0 Å². The maximum absolute atomic E-state index is 9.68.